The van der Waals surface area contributed by atoms with E-state index in [9.17, 15) is 8.78 Å². The molecule has 0 aliphatic heterocycles. The first-order chi connectivity index (χ1) is 8.59. The summed E-state index contributed by atoms with van der Waals surface area (Å²) >= 11 is 6.05. The fourth-order valence-electron chi connectivity index (χ4n) is 1.75. The van der Waals surface area contributed by atoms with Crippen LogP contribution in [0.15, 0.2) is 42.5 Å². The van der Waals surface area contributed by atoms with Crippen LogP contribution in [-0.2, 0) is 0 Å². The molecular formula is C14H12ClF2N. The fourth-order valence-corrected chi connectivity index (χ4v) is 2.05. The summed E-state index contributed by atoms with van der Waals surface area (Å²) in [4.78, 5) is 0. The molecule has 0 heterocycles. The van der Waals surface area contributed by atoms with Gasteiger partial charge in [-0.25, -0.2) is 8.78 Å². The second kappa shape index (κ2) is 5.36. The monoisotopic (exact) mass is 267 g/mol. The van der Waals surface area contributed by atoms with Crippen molar-refractivity contribution >= 4 is 17.3 Å². The molecule has 0 spiro atoms. The van der Waals surface area contributed by atoms with Crippen LogP contribution in [0.2, 0.25) is 5.02 Å². The minimum atomic E-state index is -0.878. The van der Waals surface area contributed by atoms with Crippen LogP contribution in [0, 0.1) is 11.6 Å². The summed E-state index contributed by atoms with van der Waals surface area (Å²) in [5.74, 6) is -1.75. The van der Waals surface area contributed by atoms with Crippen molar-refractivity contribution in [3.8, 4) is 0 Å². The van der Waals surface area contributed by atoms with Crippen molar-refractivity contribution in [1.29, 1.82) is 0 Å². The molecule has 4 heteroatoms. The number of hydrogen-bond donors (Lipinski definition) is 1. The zero-order valence-corrected chi connectivity index (χ0v) is 10.5. The van der Waals surface area contributed by atoms with Crippen LogP contribution in [-0.4, -0.2) is 0 Å². The van der Waals surface area contributed by atoms with E-state index in [1.807, 2.05) is 25.1 Å². The molecule has 0 saturated heterocycles. The van der Waals surface area contributed by atoms with Gasteiger partial charge in [-0.2, -0.15) is 0 Å². The minimum Gasteiger partial charge on any atom is -0.376 e. The Hall–Kier alpha value is -1.61. The Bertz CT molecular complexity index is 557. The molecule has 2 aromatic rings. The van der Waals surface area contributed by atoms with Crippen LogP contribution in [0.4, 0.5) is 14.5 Å². The second-order valence-corrected chi connectivity index (χ2v) is 4.40. The molecule has 0 fully saturated rings. The quantitative estimate of drug-likeness (QED) is 0.843. The van der Waals surface area contributed by atoms with Crippen LogP contribution < -0.4 is 5.32 Å². The third kappa shape index (κ3) is 2.62. The molecule has 0 amide bonds. The largest absolute Gasteiger partial charge is 0.376 e. The SMILES string of the molecule is CC(Nc1cccc(F)c1F)c1ccccc1Cl. The van der Waals surface area contributed by atoms with Gasteiger partial charge in [-0.1, -0.05) is 35.9 Å². The van der Waals surface area contributed by atoms with Crippen LogP contribution >= 0.6 is 11.6 Å². The van der Waals surface area contributed by atoms with Crippen LogP contribution in [0.3, 0.4) is 0 Å². The van der Waals surface area contributed by atoms with Crippen LogP contribution in [0.5, 0.6) is 0 Å². The maximum Gasteiger partial charge on any atom is 0.181 e. The molecule has 0 aromatic heterocycles. The highest BCUT2D eigenvalue weighted by Crippen LogP contribution is 2.27. The molecule has 2 rings (SSSR count). The average molecular weight is 268 g/mol. The van der Waals surface area contributed by atoms with Gasteiger partial charge in [-0.3, -0.25) is 0 Å². The fraction of sp³-hybridized carbons (Fsp3) is 0.143. The smallest absolute Gasteiger partial charge is 0.181 e. The molecule has 0 bridgehead atoms. The first-order valence-corrected chi connectivity index (χ1v) is 5.92. The van der Waals surface area contributed by atoms with E-state index >= 15 is 0 Å². The molecule has 1 N–H and O–H groups in total. The van der Waals surface area contributed by atoms with Gasteiger partial charge in [0.1, 0.15) is 0 Å². The molecule has 0 aliphatic rings. The lowest BCUT2D eigenvalue weighted by Crippen LogP contribution is -2.09. The summed E-state index contributed by atoms with van der Waals surface area (Å²) in [6.07, 6.45) is 0. The molecule has 1 nitrogen and oxygen atoms in total. The van der Waals surface area contributed by atoms with Crippen molar-refractivity contribution in [3.05, 3.63) is 64.7 Å². The van der Waals surface area contributed by atoms with E-state index in [1.54, 1.807) is 6.07 Å². The van der Waals surface area contributed by atoms with Crippen molar-refractivity contribution in [2.75, 3.05) is 5.32 Å². The molecule has 1 unspecified atom stereocenters. The average Bonchev–Trinajstić information content (AvgIpc) is 2.35. The Labute approximate surface area is 109 Å². The van der Waals surface area contributed by atoms with Crippen molar-refractivity contribution in [2.45, 2.75) is 13.0 Å². The molecule has 0 saturated carbocycles. The predicted molar refractivity (Wildman–Crippen MR) is 69.8 cm³/mol. The van der Waals surface area contributed by atoms with Gasteiger partial charge in [0, 0.05) is 5.02 Å². The summed E-state index contributed by atoms with van der Waals surface area (Å²) in [5.41, 5.74) is 0.963. The lowest BCUT2D eigenvalue weighted by molar-refractivity contribution is 0.510. The molecule has 0 radical (unpaired) electrons. The Morgan fingerprint density at radius 3 is 2.50 bits per heavy atom. The van der Waals surface area contributed by atoms with Gasteiger partial charge in [-0.05, 0) is 30.7 Å². The first kappa shape index (κ1) is 12.8. The van der Waals surface area contributed by atoms with Crippen molar-refractivity contribution < 1.29 is 8.78 Å². The molecule has 2 aromatic carbocycles. The Morgan fingerprint density at radius 2 is 1.78 bits per heavy atom. The van der Waals surface area contributed by atoms with E-state index in [0.29, 0.717) is 5.02 Å². The molecule has 1 atom stereocenters. The van der Waals surface area contributed by atoms with E-state index in [-0.39, 0.29) is 11.7 Å². The number of hydrogen-bond acceptors (Lipinski definition) is 1. The lowest BCUT2D eigenvalue weighted by atomic mass is 10.1. The third-order valence-corrected chi connectivity index (χ3v) is 3.04. The molecule has 94 valence electrons. The number of nitrogens with one attached hydrogen (secondary N) is 1. The molecular weight excluding hydrogens is 256 g/mol. The van der Waals surface area contributed by atoms with Crippen molar-refractivity contribution in [1.82, 2.24) is 0 Å². The normalized spacial score (nSPS) is 12.2. The Morgan fingerprint density at radius 1 is 1.06 bits per heavy atom. The number of rotatable bonds is 3. The van der Waals surface area contributed by atoms with Gasteiger partial charge in [0.2, 0.25) is 0 Å². The van der Waals surface area contributed by atoms with Gasteiger partial charge < -0.3 is 5.32 Å². The molecule has 0 aliphatic carbocycles. The summed E-state index contributed by atoms with van der Waals surface area (Å²) < 4.78 is 26.6. The highest BCUT2D eigenvalue weighted by Gasteiger charge is 2.13. The zero-order valence-electron chi connectivity index (χ0n) is 9.75. The summed E-state index contributed by atoms with van der Waals surface area (Å²) in [5, 5.41) is 3.50. The Kier molecular flexibility index (Phi) is 3.82. The van der Waals surface area contributed by atoms with Gasteiger partial charge in [-0.15, -0.1) is 0 Å². The van der Waals surface area contributed by atoms with Crippen molar-refractivity contribution in [2.24, 2.45) is 0 Å². The minimum absolute atomic E-state index is 0.127. The summed E-state index contributed by atoms with van der Waals surface area (Å²) in [6, 6.07) is 11.1. The molecule has 18 heavy (non-hydrogen) atoms. The van der Waals surface area contributed by atoms with Crippen molar-refractivity contribution in [3.63, 3.8) is 0 Å². The lowest BCUT2D eigenvalue weighted by Gasteiger charge is -2.17. The second-order valence-electron chi connectivity index (χ2n) is 3.99. The Balaban J connectivity index is 2.24. The third-order valence-electron chi connectivity index (χ3n) is 2.70. The van der Waals surface area contributed by atoms with Gasteiger partial charge >= 0.3 is 0 Å². The van der Waals surface area contributed by atoms with E-state index in [1.165, 1.54) is 12.1 Å². The number of anilines is 1. The van der Waals surface area contributed by atoms with E-state index in [4.69, 9.17) is 11.6 Å². The van der Waals surface area contributed by atoms with Gasteiger partial charge in [0.05, 0.1) is 11.7 Å². The van der Waals surface area contributed by atoms with Crippen LogP contribution in [0.1, 0.15) is 18.5 Å². The highest BCUT2D eigenvalue weighted by molar-refractivity contribution is 6.31. The van der Waals surface area contributed by atoms with E-state index in [0.717, 1.165) is 11.6 Å². The van der Waals surface area contributed by atoms with Gasteiger partial charge in [0.15, 0.2) is 11.6 Å². The highest BCUT2D eigenvalue weighted by atomic mass is 35.5. The van der Waals surface area contributed by atoms with Crippen LogP contribution in [0.25, 0.3) is 0 Å². The summed E-state index contributed by atoms with van der Waals surface area (Å²) in [6.45, 7) is 1.84. The number of benzene rings is 2. The topological polar surface area (TPSA) is 12.0 Å². The van der Waals surface area contributed by atoms with E-state index < -0.39 is 11.6 Å². The standard InChI is InChI=1S/C14H12ClF2N/c1-9(10-5-2-3-6-11(10)15)18-13-8-4-7-12(16)14(13)17/h2-9,18H,1H3. The summed E-state index contributed by atoms with van der Waals surface area (Å²) in [7, 11) is 0. The maximum atomic E-state index is 13.5. The predicted octanol–water partition coefficient (Wildman–Crippen LogP) is 4.79. The zero-order chi connectivity index (χ0) is 13.1. The maximum absolute atomic E-state index is 13.5. The first-order valence-electron chi connectivity index (χ1n) is 5.54. The van der Waals surface area contributed by atoms with Gasteiger partial charge in [0.25, 0.3) is 0 Å². The van der Waals surface area contributed by atoms with E-state index in [2.05, 4.69) is 5.32 Å². The number of halogens is 3.